The van der Waals surface area contributed by atoms with Crippen LogP contribution in [0.5, 0.6) is 0 Å². The number of azo groups is 1. The Bertz CT molecular complexity index is 931. The Balaban J connectivity index is 1.76. The predicted molar refractivity (Wildman–Crippen MR) is 154 cm³/mol. The zero-order valence-electron chi connectivity index (χ0n) is 23.2. The Morgan fingerprint density at radius 3 is 2.00 bits per heavy atom. The van der Waals surface area contributed by atoms with E-state index in [4.69, 9.17) is 4.74 Å². The number of non-ortho nitro benzene ring substituents is 1. The number of likely N-dealkylation sites (N-methyl/N-ethyl adjacent to an activating group) is 1. The lowest BCUT2D eigenvalue weighted by Crippen LogP contribution is -2.27. The molecule has 0 unspecified atom stereocenters. The van der Waals surface area contributed by atoms with Crippen molar-refractivity contribution in [3.8, 4) is 0 Å². The molecule has 204 valence electrons. The number of nitro groups is 1. The third-order valence-electron chi connectivity index (χ3n) is 6.61. The van der Waals surface area contributed by atoms with Gasteiger partial charge in [0.2, 0.25) is 0 Å². The first kappa shape index (κ1) is 30.4. The van der Waals surface area contributed by atoms with Crippen molar-refractivity contribution in [2.45, 2.75) is 91.4 Å². The summed E-state index contributed by atoms with van der Waals surface area (Å²) < 4.78 is 5.95. The van der Waals surface area contributed by atoms with E-state index in [2.05, 4.69) is 42.0 Å². The van der Waals surface area contributed by atoms with Gasteiger partial charge in [0.25, 0.3) is 5.69 Å². The number of benzene rings is 2. The molecule has 0 aliphatic heterocycles. The summed E-state index contributed by atoms with van der Waals surface area (Å²) in [4.78, 5) is 12.7. The fourth-order valence-electron chi connectivity index (χ4n) is 4.30. The van der Waals surface area contributed by atoms with Gasteiger partial charge in [-0.05, 0) is 55.7 Å². The number of unbranched alkanes of at least 4 members (excludes halogenated alkanes) is 9. The Labute approximate surface area is 223 Å². The minimum atomic E-state index is -0.418. The summed E-state index contributed by atoms with van der Waals surface area (Å²) in [7, 11) is 0. The molecule has 2 aromatic rings. The molecular formula is C30H46N4O3. The largest absolute Gasteiger partial charge is 0.380 e. The van der Waals surface area contributed by atoms with E-state index in [0.717, 1.165) is 43.9 Å². The van der Waals surface area contributed by atoms with E-state index in [-0.39, 0.29) is 5.69 Å². The van der Waals surface area contributed by atoms with Crippen LogP contribution in [-0.4, -0.2) is 31.2 Å². The highest BCUT2D eigenvalue weighted by molar-refractivity contribution is 5.58. The van der Waals surface area contributed by atoms with Gasteiger partial charge >= 0.3 is 0 Å². The van der Waals surface area contributed by atoms with Crippen LogP contribution in [0, 0.1) is 10.1 Å². The molecule has 0 saturated carbocycles. The summed E-state index contributed by atoms with van der Waals surface area (Å²) in [6.45, 7) is 9.80. The van der Waals surface area contributed by atoms with Gasteiger partial charge in [-0.3, -0.25) is 10.1 Å². The van der Waals surface area contributed by atoms with Gasteiger partial charge in [-0.15, -0.1) is 0 Å². The first-order valence-corrected chi connectivity index (χ1v) is 14.2. The molecule has 0 atom stereocenters. The quantitative estimate of drug-likeness (QED) is 0.0769. The maximum absolute atomic E-state index is 10.8. The van der Waals surface area contributed by atoms with Crippen molar-refractivity contribution < 1.29 is 9.66 Å². The molecule has 0 fully saturated rings. The summed E-state index contributed by atoms with van der Waals surface area (Å²) >= 11 is 0. The highest BCUT2D eigenvalue weighted by atomic mass is 16.6. The van der Waals surface area contributed by atoms with Gasteiger partial charge in [-0.1, -0.05) is 71.6 Å². The molecule has 0 saturated heterocycles. The minimum Gasteiger partial charge on any atom is -0.380 e. The van der Waals surface area contributed by atoms with Gasteiger partial charge in [0.15, 0.2) is 0 Å². The topological polar surface area (TPSA) is 80.3 Å². The molecule has 7 nitrogen and oxygen atoms in total. The summed E-state index contributed by atoms with van der Waals surface area (Å²) in [5, 5.41) is 19.5. The zero-order chi connectivity index (χ0) is 26.7. The number of hydrogen-bond acceptors (Lipinski definition) is 6. The molecule has 0 aliphatic rings. The van der Waals surface area contributed by atoms with Crippen LogP contribution < -0.4 is 4.90 Å². The molecule has 0 aromatic heterocycles. The molecule has 7 heteroatoms. The van der Waals surface area contributed by atoms with Crippen LogP contribution in [0.4, 0.5) is 22.7 Å². The van der Waals surface area contributed by atoms with Crippen LogP contribution >= 0.6 is 0 Å². The van der Waals surface area contributed by atoms with Gasteiger partial charge in [0.05, 0.1) is 22.9 Å². The van der Waals surface area contributed by atoms with Gasteiger partial charge in [-0.25, -0.2) is 0 Å². The zero-order valence-corrected chi connectivity index (χ0v) is 23.2. The van der Waals surface area contributed by atoms with Crippen LogP contribution in [0.1, 0.15) is 90.5 Å². The molecule has 0 heterocycles. The van der Waals surface area contributed by atoms with Crippen LogP contribution in [0.25, 0.3) is 0 Å². The number of rotatable bonds is 20. The Hall–Kier alpha value is -2.80. The van der Waals surface area contributed by atoms with Crippen LogP contribution in [0.2, 0.25) is 0 Å². The van der Waals surface area contributed by atoms with Crippen LogP contribution in [-0.2, 0) is 11.2 Å². The van der Waals surface area contributed by atoms with Crippen LogP contribution in [0.3, 0.4) is 0 Å². The van der Waals surface area contributed by atoms with Crippen molar-refractivity contribution in [2.24, 2.45) is 10.2 Å². The van der Waals surface area contributed by atoms with Gasteiger partial charge < -0.3 is 9.64 Å². The Morgan fingerprint density at radius 2 is 1.41 bits per heavy atom. The number of anilines is 1. The number of nitrogens with zero attached hydrogens (tertiary/aromatic N) is 4. The van der Waals surface area contributed by atoms with Crippen molar-refractivity contribution in [1.29, 1.82) is 0 Å². The first-order valence-electron chi connectivity index (χ1n) is 14.2. The Kier molecular flexibility index (Phi) is 15.2. The smallest absolute Gasteiger partial charge is 0.269 e. The van der Waals surface area contributed by atoms with E-state index in [9.17, 15) is 10.1 Å². The number of ether oxygens (including phenoxy) is 1. The molecule has 0 radical (unpaired) electrons. The molecule has 0 aliphatic carbocycles. The lowest BCUT2D eigenvalue weighted by molar-refractivity contribution is -0.384. The lowest BCUT2D eigenvalue weighted by atomic mass is 10.1. The van der Waals surface area contributed by atoms with Crippen molar-refractivity contribution >= 4 is 22.7 Å². The normalized spacial score (nSPS) is 11.3. The SMILES string of the molecule is CCCCCCCCCCCCOCCN(CC)c1cc(CC)cc(N=Nc2ccc([N+](=O)[O-])cc2)c1. The predicted octanol–water partition coefficient (Wildman–Crippen LogP) is 9.34. The van der Waals surface area contributed by atoms with E-state index in [1.54, 1.807) is 12.1 Å². The molecule has 2 aromatic carbocycles. The second-order valence-electron chi connectivity index (χ2n) is 9.56. The number of hydrogen-bond donors (Lipinski definition) is 0. The average Bonchev–Trinajstić information content (AvgIpc) is 2.92. The maximum Gasteiger partial charge on any atom is 0.269 e. The first-order chi connectivity index (χ1) is 18.1. The second-order valence-corrected chi connectivity index (χ2v) is 9.56. The maximum atomic E-state index is 10.8. The minimum absolute atomic E-state index is 0.0446. The van der Waals surface area contributed by atoms with E-state index >= 15 is 0 Å². The molecule has 0 bridgehead atoms. The molecule has 0 spiro atoms. The standard InChI is InChI=1S/C30H46N4O3/c1-4-7-8-9-10-11-12-13-14-15-21-37-22-20-33(6-3)30-24-26(5-2)23-28(25-30)32-31-27-16-18-29(19-17-27)34(35)36/h16-19,23-25H,4-15,20-22H2,1-3H3. The van der Waals surface area contributed by atoms with Gasteiger partial charge in [0.1, 0.15) is 0 Å². The van der Waals surface area contributed by atoms with E-state index in [1.807, 2.05) is 12.1 Å². The van der Waals surface area contributed by atoms with Gasteiger partial charge in [0, 0.05) is 37.5 Å². The summed E-state index contributed by atoms with van der Waals surface area (Å²) in [5.41, 5.74) is 3.71. The number of aryl methyl sites for hydroxylation is 1. The summed E-state index contributed by atoms with van der Waals surface area (Å²) in [6.07, 6.45) is 14.2. The van der Waals surface area contributed by atoms with Crippen molar-refractivity contribution in [1.82, 2.24) is 0 Å². The van der Waals surface area contributed by atoms with Crippen molar-refractivity contribution in [3.05, 3.63) is 58.1 Å². The molecular weight excluding hydrogens is 464 g/mol. The monoisotopic (exact) mass is 510 g/mol. The van der Waals surface area contributed by atoms with Crippen molar-refractivity contribution in [2.75, 3.05) is 31.2 Å². The fourth-order valence-corrected chi connectivity index (χ4v) is 4.30. The lowest BCUT2D eigenvalue weighted by Gasteiger charge is -2.24. The average molecular weight is 511 g/mol. The van der Waals surface area contributed by atoms with E-state index in [0.29, 0.717) is 12.3 Å². The van der Waals surface area contributed by atoms with Crippen LogP contribution in [0.15, 0.2) is 52.7 Å². The van der Waals surface area contributed by atoms with E-state index < -0.39 is 4.92 Å². The molecule has 37 heavy (non-hydrogen) atoms. The fraction of sp³-hybridized carbons (Fsp3) is 0.600. The van der Waals surface area contributed by atoms with Gasteiger partial charge in [-0.2, -0.15) is 10.2 Å². The highest BCUT2D eigenvalue weighted by Crippen LogP contribution is 2.27. The molecule has 0 amide bonds. The van der Waals surface area contributed by atoms with Crippen molar-refractivity contribution in [3.63, 3.8) is 0 Å². The second kappa shape index (κ2) is 18.4. The Morgan fingerprint density at radius 1 is 0.784 bits per heavy atom. The third kappa shape index (κ3) is 12.3. The summed E-state index contributed by atoms with van der Waals surface area (Å²) in [5.74, 6) is 0. The highest BCUT2D eigenvalue weighted by Gasteiger charge is 2.08. The molecule has 0 N–H and O–H groups in total. The number of nitro benzene ring substituents is 1. The summed E-state index contributed by atoms with van der Waals surface area (Å²) in [6, 6.07) is 12.4. The van der Waals surface area contributed by atoms with E-state index in [1.165, 1.54) is 75.5 Å². The third-order valence-corrected chi connectivity index (χ3v) is 6.61. The molecule has 2 rings (SSSR count).